The molecule has 0 unspecified atom stereocenters. The zero-order valence-corrected chi connectivity index (χ0v) is 12.1. The Morgan fingerprint density at radius 3 is 2.19 bits per heavy atom. The molecule has 9 nitrogen and oxygen atoms in total. The van der Waals surface area contributed by atoms with Crippen molar-refractivity contribution in [3.63, 3.8) is 0 Å². The van der Waals surface area contributed by atoms with E-state index in [1.807, 2.05) is 13.8 Å². The summed E-state index contributed by atoms with van der Waals surface area (Å²) in [5, 5.41) is 16.1. The Hall–Kier alpha value is -2.32. The maximum Gasteiger partial charge on any atom is 0.326 e. The number of rotatable bonds is 9. The lowest BCUT2D eigenvalue weighted by atomic mass is 10.1. The molecule has 21 heavy (non-hydrogen) atoms. The van der Waals surface area contributed by atoms with Gasteiger partial charge in [-0.25, -0.2) is 9.59 Å². The zero-order chi connectivity index (χ0) is 16.4. The number of carbonyl (C=O) groups is 4. The fraction of sp³-hybridized carbons (Fsp3) is 0.667. The summed E-state index contributed by atoms with van der Waals surface area (Å²) in [5.74, 6) is -2.12. The molecule has 120 valence electrons. The molecule has 0 saturated carbocycles. The van der Waals surface area contributed by atoms with E-state index in [4.69, 9.17) is 10.8 Å². The quantitative estimate of drug-likeness (QED) is 0.367. The summed E-state index contributed by atoms with van der Waals surface area (Å²) in [7, 11) is 0. The van der Waals surface area contributed by atoms with Crippen LogP contribution in [0, 0.1) is 0 Å². The van der Waals surface area contributed by atoms with Crippen molar-refractivity contribution in [2.45, 2.75) is 45.2 Å². The SMILES string of the molecule is CC(C)NC(=O)CCNC(=O)N[C@@H](CCC(N)=O)C(=O)O. The van der Waals surface area contributed by atoms with Gasteiger partial charge in [0, 0.05) is 25.4 Å². The molecule has 0 aromatic carbocycles. The Morgan fingerprint density at radius 2 is 1.71 bits per heavy atom. The molecular weight excluding hydrogens is 280 g/mol. The Labute approximate surface area is 122 Å². The molecular formula is C12H22N4O5. The van der Waals surface area contributed by atoms with E-state index in [0.717, 1.165) is 0 Å². The van der Waals surface area contributed by atoms with Crippen molar-refractivity contribution in [1.29, 1.82) is 0 Å². The molecule has 0 aromatic rings. The van der Waals surface area contributed by atoms with Crippen LogP contribution in [0.3, 0.4) is 0 Å². The minimum absolute atomic E-state index is 0.0107. The summed E-state index contributed by atoms with van der Waals surface area (Å²) in [6.07, 6.45) is -0.148. The molecule has 0 radical (unpaired) electrons. The molecule has 0 aliphatic carbocycles. The molecule has 9 heteroatoms. The number of aliphatic carboxylic acids is 1. The molecule has 0 aliphatic rings. The lowest BCUT2D eigenvalue weighted by Gasteiger charge is -2.14. The Bertz CT molecular complexity index is 397. The summed E-state index contributed by atoms with van der Waals surface area (Å²) in [5.41, 5.74) is 4.92. The molecule has 0 spiro atoms. The van der Waals surface area contributed by atoms with Crippen molar-refractivity contribution in [1.82, 2.24) is 16.0 Å². The minimum atomic E-state index is -1.26. The fourth-order valence-corrected chi connectivity index (χ4v) is 1.44. The van der Waals surface area contributed by atoms with E-state index in [2.05, 4.69) is 16.0 Å². The average molecular weight is 302 g/mol. The van der Waals surface area contributed by atoms with Crippen molar-refractivity contribution in [2.24, 2.45) is 5.73 Å². The normalized spacial score (nSPS) is 11.6. The van der Waals surface area contributed by atoms with Gasteiger partial charge in [-0.1, -0.05) is 0 Å². The highest BCUT2D eigenvalue weighted by molar-refractivity contribution is 5.83. The van der Waals surface area contributed by atoms with E-state index in [0.29, 0.717) is 0 Å². The number of carboxylic acids is 1. The van der Waals surface area contributed by atoms with E-state index in [1.54, 1.807) is 0 Å². The molecule has 1 atom stereocenters. The highest BCUT2D eigenvalue weighted by Crippen LogP contribution is 1.97. The first-order valence-corrected chi connectivity index (χ1v) is 6.57. The number of primary amides is 1. The maximum absolute atomic E-state index is 11.5. The van der Waals surface area contributed by atoms with Crippen LogP contribution in [-0.2, 0) is 14.4 Å². The van der Waals surface area contributed by atoms with Crippen LogP contribution in [0.4, 0.5) is 4.79 Å². The van der Waals surface area contributed by atoms with Crippen LogP contribution in [0.2, 0.25) is 0 Å². The molecule has 0 aromatic heterocycles. The molecule has 0 bridgehead atoms. The van der Waals surface area contributed by atoms with Gasteiger partial charge in [-0.2, -0.15) is 0 Å². The van der Waals surface area contributed by atoms with Gasteiger partial charge >= 0.3 is 12.0 Å². The number of nitrogens with one attached hydrogen (secondary N) is 3. The average Bonchev–Trinajstić information content (AvgIpc) is 2.32. The molecule has 6 N–H and O–H groups in total. The Balaban J connectivity index is 4.06. The first kappa shape index (κ1) is 18.7. The van der Waals surface area contributed by atoms with E-state index in [-0.39, 0.29) is 37.8 Å². The molecule has 0 saturated heterocycles. The van der Waals surface area contributed by atoms with Crippen LogP contribution in [0.5, 0.6) is 0 Å². The van der Waals surface area contributed by atoms with Gasteiger partial charge < -0.3 is 26.8 Å². The second-order valence-corrected chi connectivity index (χ2v) is 4.77. The van der Waals surface area contributed by atoms with Gasteiger partial charge in [0.25, 0.3) is 0 Å². The lowest BCUT2D eigenvalue weighted by Crippen LogP contribution is -2.47. The van der Waals surface area contributed by atoms with Crippen LogP contribution in [0.25, 0.3) is 0 Å². The highest BCUT2D eigenvalue weighted by atomic mass is 16.4. The fourth-order valence-electron chi connectivity index (χ4n) is 1.44. The number of amides is 4. The van der Waals surface area contributed by atoms with E-state index < -0.39 is 23.9 Å². The maximum atomic E-state index is 11.5. The number of hydrogen-bond acceptors (Lipinski definition) is 4. The molecule has 0 heterocycles. The number of nitrogens with two attached hydrogens (primary N) is 1. The summed E-state index contributed by atoms with van der Waals surface area (Å²) in [6.45, 7) is 3.70. The molecule has 4 amide bonds. The van der Waals surface area contributed by atoms with Crippen LogP contribution in [0.1, 0.15) is 33.1 Å². The van der Waals surface area contributed by atoms with Crippen LogP contribution < -0.4 is 21.7 Å². The summed E-state index contributed by atoms with van der Waals surface area (Å²) in [6, 6.07) is -1.91. The summed E-state index contributed by atoms with van der Waals surface area (Å²) >= 11 is 0. The van der Waals surface area contributed by atoms with Gasteiger partial charge in [-0.15, -0.1) is 0 Å². The van der Waals surface area contributed by atoms with Gasteiger partial charge in [-0.3, -0.25) is 9.59 Å². The number of hydrogen-bond donors (Lipinski definition) is 5. The second kappa shape index (κ2) is 9.56. The van der Waals surface area contributed by atoms with E-state index >= 15 is 0 Å². The van der Waals surface area contributed by atoms with Crippen molar-refractivity contribution in [2.75, 3.05) is 6.54 Å². The number of urea groups is 1. The van der Waals surface area contributed by atoms with Crippen molar-refractivity contribution in [3.05, 3.63) is 0 Å². The molecule has 0 rings (SSSR count). The van der Waals surface area contributed by atoms with Crippen molar-refractivity contribution in [3.8, 4) is 0 Å². The van der Waals surface area contributed by atoms with E-state index in [9.17, 15) is 19.2 Å². The molecule has 0 fully saturated rings. The third-order valence-corrected chi connectivity index (χ3v) is 2.37. The Morgan fingerprint density at radius 1 is 1.10 bits per heavy atom. The highest BCUT2D eigenvalue weighted by Gasteiger charge is 2.20. The lowest BCUT2D eigenvalue weighted by molar-refractivity contribution is -0.139. The van der Waals surface area contributed by atoms with Crippen LogP contribution >= 0.6 is 0 Å². The van der Waals surface area contributed by atoms with Gasteiger partial charge in [0.05, 0.1) is 0 Å². The summed E-state index contributed by atoms with van der Waals surface area (Å²) in [4.78, 5) is 44.3. The number of carbonyl (C=O) groups excluding carboxylic acids is 3. The predicted octanol–water partition coefficient (Wildman–Crippen LogP) is -1.08. The monoisotopic (exact) mass is 302 g/mol. The van der Waals surface area contributed by atoms with Crippen LogP contribution in [-0.4, -0.2) is 47.5 Å². The topological polar surface area (TPSA) is 151 Å². The van der Waals surface area contributed by atoms with E-state index in [1.165, 1.54) is 0 Å². The first-order valence-electron chi connectivity index (χ1n) is 6.57. The Kier molecular flexibility index (Phi) is 8.51. The predicted molar refractivity (Wildman–Crippen MR) is 74.3 cm³/mol. The zero-order valence-electron chi connectivity index (χ0n) is 12.1. The molecule has 0 aliphatic heterocycles. The standard InChI is InChI=1S/C12H22N4O5/c1-7(2)15-10(18)5-6-14-12(21)16-8(11(19)20)3-4-9(13)17/h7-8H,3-6H2,1-2H3,(H2,13,17)(H,15,18)(H,19,20)(H2,14,16,21)/t8-/m0/s1. The van der Waals surface area contributed by atoms with Gasteiger partial charge in [0.15, 0.2) is 0 Å². The van der Waals surface area contributed by atoms with Gasteiger partial charge in [0.2, 0.25) is 11.8 Å². The minimum Gasteiger partial charge on any atom is -0.480 e. The third kappa shape index (κ3) is 10.2. The largest absolute Gasteiger partial charge is 0.480 e. The van der Waals surface area contributed by atoms with Crippen molar-refractivity contribution < 1.29 is 24.3 Å². The second-order valence-electron chi connectivity index (χ2n) is 4.77. The smallest absolute Gasteiger partial charge is 0.326 e. The van der Waals surface area contributed by atoms with Crippen LogP contribution in [0.15, 0.2) is 0 Å². The van der Waals surface area contributed by atoms with Crippen molar-refractivity contribution >= 4 is 23.8 Å². The van der Waals surface area contributed by atoms with Gasteiger partial charge in [0.1, 0.15) is 6.04 Å². The number of carboxylic acid groups (broad SMARTS) is 1. The van der Waals surface area contributed by atoms with Gasteiger partial charge in [-0.05, 0) is 20.3 Å². The first-order chi connectivity index (χ1) is 9.72. The third-order valence-electron chi connectivity index (χ3n) is 2.37. The summed E-state index contributed by atoms with van der Waals surface area (Å²) < 4.78 is 0.